The summed E-state index contributed by atoms with van der Waals surface area (Å²) in [5.41, 5.74) is 2.36. The number of halogens is 2. The van der Waals surface area contributed by atoms with Crippen molar-refractivity contribution in [3.63, 3.8) is 0 Å². The van der Waals surface area contributed by atoms with Gasteiger partial charge in [0.15, 0.2) is 0 Å². The maximum Gasteiger partial charge on any atom is 0.271 e. The molecular formula is C22H23Cl2N3O2. The van der Waals surface area contributed by atoms with Gasteiger partial charge in [-0.15, -0.1) is 0 Å². The Hall–Kier alpha value is -2.34. The number of benzene rings is 2. The fourth-order valence-corrected chi connectivity index (χ4v) is 3.44. The van der Waals surface area contributed by atoms with Gasteiger partial charge in [0.25, 0.3) is 5.91 Å². The number of aromatic amines is 1. The van der Waals surface area contributed by atoms with Crippen LogP contribution in [0.1, 0.15) is 35.0 Å². The molecule has 3 aromatic rings. The first-order valence-electron chi connectivity index (χ1n) is 9.42. The number of imidazole rings is 1. The van der Waals surface area contributed by atoms with E-state index in [1.807, 2.05) is 49.4 Å². The summed E-state index contributed by atoms with van der Waals surface area (Å²) in [6.45, 7) is 2.42. The van der Waals surface area contributed by atoms with E-state index in [2.05, 4.69) is 15.3 Å². The van der Waals surface area contributed by atoms with E-state index in [0.717, 1.165) is 11.1 Å². The number of carbonyl (C=O) groups is 1. The maximum atomic E-state index is 12.5. The van der Waals surface area contributed by atoms with E-state index in [0.29, 0.717) is 35.2 Å². The lowest BCUT2D eigenvalue weighted by atomic mass is 10.0. The smallest absolute Gasteiger partial charge is 0.271 e. The first kappa shape index (κ1) is 21.4. The molecule has 152 valence electrons. The van der Waals surface area contributed by atoms with Gasteiger partial charge in [0.2, 0.25) is 0 Å². The molecule has 1 heterocycles. The summed E-state index contributed by atoms with van der Waals surface area (Å²) in [5, 5.41) is 4.11. The molecule has 2 N–H and O–H groups in total. The number of carbonyl (C=O) groups excluding carboxylic acids is 1. The summed E-state index contributed by atoms with van der Waals surface area (Å²) in [6, 6.07) is 15.3. The topological polar surface area (TPSA) is 67.0 Å². The van der Waals surface area contributed by atoms with Gasteiger partial charge in [0, 0.05) is 6.20 Å². The first-order chi connectivity index (χ1) is 14.0. The van der Waals surface area contributed by atoms with Crippen LogP contribution < -0.4 is 5.32 Å². The van der Waals surface area contributed by atoms with Gasteiger partial charge in [-0.1, -0.05) is 65.7 Å². The van der Waals surface area contributed by atoms with Gasteiger partial charge in [0.05, 0.1) is 35.1 Å². The largest absolute Gasteiger partial charge is 0.372 e. The number of nitrogens with zero attached hydrogens (tertiary/aromatic N) is 1. The predicted molar refractivity (Wildman–Crippen MR) is 115 cm³/mol. The highest BCUT2D eigenvalue weighted by Gasteiger charge is 2.22. The second-order valence-corrected chi connectivity index (χ2v) is 7.57. The highest BCUT2D eigenvalue weighted by Crippen LogP contribution is 2.27. The van der Waals surface area contributed by atoms with Crippen LogP contribution in [0.3, 0.4) is 0 Å². The van der Waals surface area contributed by atoms with Crippen molar-refractivity contribution in [2.45, 2.75) is 38.5 Å². The predicted octanol–water partition coefficient (Wildman–Crippen LogP) is 5.05. The summed E-state index contributed by atoms with van der Waals surface area (Å²) >= 11 is 12.4. The minimum Gasteiger partial charge on any atom is -0.372 e. The van der Waals surface area contributed by atoms with Crippen LogP contribution in [0.2, 0.25) is 10.0 Å². The molecule has 0 fully saturated rings. The number of hydrogen-bond acceptors (Lipinski definition) is 3. The van der Waals surface area contributed by atoms with Crippen molar-refractivity contribution >= 4 is 29.1 Å². The number of aryl methyl sites for hydroxylation is 1. The van der Waals surface area contributed by atoms with Crippen molar-refractivity contribution in [3.05, 3.63) is 87.9 Å². The van der Waals surface area contributed by atoms with Crippen LogP contribution in [0.4, 0.5) is 0 Å². The molecule has 0 bridgehead atoms. The number of nitrogens with one attached hydrogen (secondary N) is 2. The Morgan fingerprint density at radius 3 is 2.69 bits per heavy atom. The van der Waals surface area contributed by atoms with Crippen LogP contribution in [0, 0.1) is 0 Å². The third-order valence-electron chi connectivity index (χ3n) is 4.73. The van der Waals surface area contributed by atoms with E-state index in [1.54, 1.807) is 12.3 Å². The van der Waals surface area contributed by atoms with Crippen molar-refractivity contribution in [3.8, 4) is 0 Å². The first-order valence-corrected chi connectivity index (χ1v) is 10.2. The summed E-state index contributed by atoms with van der Waals surface area (Å²) < 4.78 is 6.05. The Bertz CT molecular complexity index is 917. The number of hydrogen-bond donors (Lipinski definition) is 2. The Balaban J connectivity index is 1.68. The van der Waals surface area contributed by atoms with Gasteiger partial charge in [-0.3, -0.25) is 4.79 Å². The van der Waals surface area contributed by atoms with E-state index in [9.17, 15) is 4.79 Å². The second kappa shape index (κ2) is 10.4. The Morgan fingerprint density at radius 2 is 1.97 bits per heavy atom. The number of aromatic nitrogens is 2. The lowest BCUT2D eigenvalue weighted by molar-refractivity contribution is 0.0242. The molecule has 0 aliphatic rings. The van der Waals surface area contributed by atoms with Gasteiger partial charge in [-0.2, -0.15) is 0 Å². The molecule has 0 saturated heterocycles. The highest BCUT2D eigenvalue weighted by atomic mass is 35.5. The average molecular weight is 432 g/mol. The lowest BCUT2D eigenvalue weighted by Crippen LogP contribution is -2.43. The van der Waals surface area contributed by atoms with Crippen molar-refractivity contribution in [1.82, 2.24) is 15.3 Å². The van der Waals surface area contributed by atoms with Gasteiger partial charge in [-0.05, 0) is 37.0 Å². The fourth-order valence-electron chi connectivity index (χ4n) is 3.02. The summed E-state index contributed by atoms with van der Waals surface area (Å²) in [4.78, 5) is 19.3. The number of rotatable bonds is 9. The zero-order valence-corrected chi connectivity index (χ0v) is 17.6. The molecule has 0 aliphatic carbocycles. The van der Waals surface area contributed by atoms with Gasteiger partial charge >= 0.3 is 0 Å². The molecule has 7 heteroatoms. The molecule has 0 saturated carbocycles. The van der Waals surface area contributed by atoms with Gasteiger partial charge in [-0.25, -0.2) is 4.98 Å². The normalized spacial score (nSPS) is 13.1. The van der Waals surface area contributed by atoms with E-state index in [1.165, 1.54) is 6.33 Å². The Labute approximate surface area is 180 Å². The molecule has 0 spiro atoms. The molecule has 0 unspecified atom stereocenters. The number of ether oxygens (including phenoxy) is 1. The van der Waals surface area contributed by atoms with E-state index >= 15 is 0 Å². The minimum absolute atomic E-state index is 0.212. The summed E-state index contributed by atoms with van der Waals surface area (Å²) in [7, 11) is 0. The third kappa shape index (κ3) is 6.07. The van der Waals surface area contributed by atoms with E-state index in [4.69, 9.17) is 27.9 Å². The van der Waals surface area contributed by atoms with Crippen LogP contribution in [0.5, 0.6) is 0 Å². The highest BCUT2D eigenvalue weighted by molar-refractivity contribution is 6.42. The van der Waals surface area contributed by atoms with Gasteiger partial charge < -0.3 is 15.0 Å². The molecule has 2 aromatic carbocycles. The molecule has 29 heavy (non-hydrogen) atoms. The molecule has 0 aliphatic heterocycles. The van der Waals surface area contributed by atoms with Crippen molar-refractivity contribution < 1.29 is 9.53 Å². The van der Waals surface area contributed by atoms with Crippen molar-refractivity contribution in [2.75, 3.05) is 0 Å². The Morgan fingerprint density at radius 1 is 1.17 bits per heavy atom. The molecule has 3 rings (SSSR count). The summed E-state index contributed by atoms with van der Waals surface area (Å²) in [5.74, 6) is -0.247. The summed E-state index contributed by atoms with van der Waals surface area (Å²) in [6.07, 6.45) is 4.13. The van der Waals surface area contributed by atoms with E-state index in [-0.39, 0.29) is 18.1 Å². The molecule has 0 radical (unpaired) electrons. The SMILES string of the molecule is C[C@H](OCc1ccccc1)[C@@H](CCc1cccc(Cl)c1Cl)NC(=O)c1c[nH]cn1. The molecular weight excluding hydrogens is 409 g/mol. The average Bonchev–Trinajstić information content (AvgIpc) is 3.28. The second-order valence-electron chi connectivity index (χ2n) is 6.79. The zero-order chi connectivity index (χ0) is 20.6. The molecule has 2 atom stereocenters. The number of H-pyrrole nitrogens is 1. The Kier molecular flexibility index (Phi) is 7.69. The van der Waals surface area contributed by atoms with Crippen LogP contribution >= 0.6 is 23.2 Å². The fraction of sp³-hybridized carbons (Fsp3) is 0.273. The van der Waals surface area contributed by atoms with Crippen molar-refractivity contribution in [1.29, 1.82) is 0 Å². The lowest BCUT2D eigenvalue weighted by Gasteiger charge is -2.25. The molecule has 1 amide bonds. The van der Waals surface area contributed by atoms with Crippen LogP contribution in [-0.2, 0) is 17.8 Å². The molecule has 1 aromatic heterocycles. The van der Waals surface area contributed by atoms with Gasteiger partial charge in [0.1, 0.15) is 5.69 Å². The zero-order valence-electron chi connectivity index (χ0n) is 16.1. The standard InChI is InChI=1S/C22H23Cl2N3O2/c1-15(29-13-16-6-3-2-4-7-16)19(27-22(28)20-12-25-14-26-20)11-10-17-8-5-9-18(23)21(17)24/h2-9,12,14-15,19H,10-11,13H2,1H3,(H,25,26)(H,27,28)/t15-,19+/m0/s1. The van der Waals surface area contributed by atoms with E-state index < -0.39 is 0 Å². The van der Waals surface area contributed by atoms with Crippen LogP contribution in [-0.4, -0.2) is 28.0 Å². The van der Waals surface area contributed by atoms with Crippen molar-refractivity contribution in [2.24, 2.45) is 0 Å². The maximum absolute atomic E-state index is 12.5. The number of amides is 1. The van der Waals surface area contributed by atoms with Crippen LogP contribution in [0.25, 0.3) is 0 Å². The minimum atomic E-state index is -0.247. The molecule has 5 nitrogen and oxygen atoms in total. The third-order valence-corrected chi connectivity index (χ3v) is 5.58. The quantitative estimate of drug-likeness (QED) is 0.497. The van der Waals surface area contributed by atoms with Crippen LogP contribution in [0.15, 0.2) is 61.1 Å². The monoisotopic (exact) mass is 431 g/mol.